The van der Waals surface area contributed by atoms with Crippen molar-refractivity contribution in [2.45, 2.75) is 0 Å². The summed E-state index contributed by atoms with van der Waals surface area (Å²) in [6.45, 7) is 0. The van der Waals surface area contributed by atoms with Gasteiger partial charge in [0.15, 0.2) is 5.82 Å². The smallest absolute Gasteiger partial charge is 0.211 e. The van der Waals surface area contributed by atoms with Crippen molar-refractivity contribution in [3.05, 3.63) is 29.8 Å². The van der Waals surface area contributed by atoms with Crippen molar-refractivity contribution in [1.29, 1.82) is 5.41 Å². The van der Waals surface area contributed by atoms with Crippen LogP contribution >= 0.6 is 0 Å². The van der Waals surface area contributed by atoms with E-state index in [9.17, 15) is 4.39 Å². The van der Waals surface area contributed by atoms with Gasteiger partial charge in [-0.1, -0.05) is 0 Å². The van der Waals surface area contributed by atoms with Crippen LogP contribution in [-0.2, 0) is 0 Å². The third-order valence-electron chi connectivity index (χ3n) is 0.692. The summed E-state index contributed by atoms with van der Waals surface area (Å²) < 4.78 is 16.3. The molecule has 2 nitrogen and oxygen atoms in total. The van der Waals surface area contributed by atoms with Crippen molar-refractivity contribution in [3.63, 3.8) is 0 Å². The lowest BCUT2D eigenvalue weighted by Gasteiger charge is -1.81. The fourth-order valence-electron chi connectivity index (χ4n) is 0.354. The summed E-state index contributed by atoms with van der Waals surface area (Å²) >= 11 is 0. The first-order valence-corrected chi connectivity index (χ1v) is 2.08. The van der Waals surface area contributed by atoms with Crippen molar-refractivity contribution < 1.29 is 8.81 Å². The van der Waals surface area contributed by atoms with Gasteiger partial charge in [0, 0.05) is 6.07 Å². The third-order valence-corrected chi connectivity index (χ3v) is 0.692. The minimum atomic E-state index is -0.457. The van der Waals surface area contributed by atoms with E-state index >= 15 is 0 Å². The number of nitrogens with one attached hydrogen (secondary N) is 1. The predicted octanol–water partition coefficient (Wildman–Crippen LogP) is 0.898. The van der Waals surface area contributed by atoms with Crippen molar-refractivity contribution >= 4 is 0 Å². The summed E-state index contributed by atoms with van der Waals surface area (Å²) in [5.41, 5.74) is -0.0357. The quantitative estimate of drug-likeness (QED) is 0.533. The van der Waals surface area contributed by atoms with Crippen molar-refractivity contribution in [2.24, 2.45) is 0 Å². The highest BCUT2D eigenvalue weighted by molar-refractivity contribution is 4.88. The van der Waals surface area contributed by atoms with E-state index in [0.29, 0.717) is 0 Å². The average molecular weight is 113 g/mol. The molecule has 1 heterocycles. The summed E-state index contributed by atoms with van der Waals surface area (Å²) in [5.74, 6) is -0.457. The van der Waals surface area contributed by atoms with Crippen molar-refractivity contribution in [2.75, 3.05) is 0 Å². The van der Waals surface area contributed by atoms with Crippen LogP contribution in [0.2, 0.25) is 0 Å². The highest BCUT2D eigenvalue weighted by Gasteiger charge is 1.83. The van der Waals surface area contributed by atoms with Gasteiger partial charge in [-0.25, -0.2) is 4.39 Å². The topological polar surface area (TPSA) is 37.0 Å². The molecule has 0 aliphatic carbocycles. The van der Waals surface area contributed by atoms with Gasteiger partial charge in [0.1, 0.15) is 6.26 Å². The van der Waals surface area contributed by atoms with Crippen molar-refractivity contribution in [1.82, 2.24) is 0 Å². The molecule has 0 unspecified atom stereocenters. The molecule has 1 aromatic heterocycles. The molecule has 0 aliphatic heterocycles. The predicted molar refractivity (Wildman–Crippen MR) is 24.5 cm³/mol. The highest BCUT2D eigenvalue weighted by Crippen LogP contribution is 1.87. The average Bonchev–Trinajstić information content (AvgIpc) is 1.77. The molecule has 0 aliphatic rings. The SMILES string of the molecule is N=c1ccc(F)co1. The molecule has 42 valence electrons. The zero-order valence-electron chi connectivity index (χ0n) is 4.02. The number of hydrogen-bond acceptors (Lipinski definition) is 2. The van der Waals surface area contributed by atoms with Gasteiger partial charge in [0.25, 0.3) is 0 Å². The highest BCUT2D eigenvalue weighted by atomic mass is 19.1. The summed E-state index contributed by atoms with van der Waals surface area (Å²) in [7, 11) is 0. The second-order valence-electron chi connectivity index (χ2n) is 1.32. The molecule has 0 atom stereocenters. The van der Waals surface area contributed by atoms with Crippen LogP contribution < -0.4 is 5.55 Å². The van der Waals surface area contributed by atoms with Gasteiger partial charge < -0.3 is 4.42 Å². The second-order valence-corrected chi connectivity index (χ2v) is 1.32. The molecular weight excluding hydrogens is 109 g/mol. The molecule has 1 aromatic rings. The van der Waals surface area contributed by atoms with E-state index in [1.54, 1.807) is 0 Å². The number of hydrogen-bond donors (Lipinski definition) is 1. The van der Waals surface area contributed by atoms with E-state index in [0.717, 1.165) is 6.26 Å². The molecule has 0 radical (unpaired) electrons. The fraction of sp³-hybridized carbons (Fsp3) is 0. The minimum absolute atomic E-state index is 0.0357. The summed E-state index contributed by atoms with van der Waals surface area (Å²) in [4.78, 5) is 0. The lowest BCUT2D eigenvalue weighted by atomic mass is 10.5. The van der Waals surface area contributed by atoms with E-state index in [1.807, 2.05) is 0 Å². The van der Waals surface area contributed by atoms with Crippen LogP contribution in [0, 0.1) is 11.2 Å². The lowest BCUT2D eigenvalue weighted by Crippen LogP contribution is -1.93. The number of halogens is 1. The van der Waals surface area contributed by atoms with Crippen LogP contribution in [0.25, 0.3) is 0 Å². The molecule has 0 amide bonds. The molecule has 1 rings (SSSR count). The van der Waals surface area contributed by atoms with Gasteiger partial charge >= 0.3 is 0 Å². The van der Waals surface area contributed by atoms with Crippen LogP contribution in [0.3, 0.4) is 0 Å². The van der Waals surface area contributed by atoms with Gasteiger partial charge in [0.2, 0.25) is 5.55 Å². The zero-order chi connectivity index (χ0) is 5.98. The molecular formula is C5H4FNO. The number of rotatable bonds is 0. The van der Waals surface area contributed by atoms with E-state index in [1.165, 1.54) is 12.1 Å². The first-order chi connectivity index (χ1) is 3.79. The Bertz CT molecular complexity index is 210. The molecule has 8 heavy (non-hydrogen) atoms. The summed E-state index contributed by atoms with van der Waals surface area (Å²) in [5, 5.41) is 6.76. The Labute approximate surface area is 45.1 Å². The first-order valence-electron chi connectivity index (χ1n) is 2.08. The van der Waals surface area contributed by atoms with Crippen molar-refractivity contribution in [3.8, 4) is 0 Å². The Balaban J connectivity index is 3.22. The summed E-state index contributed by atoms with van der Waals surface area (Å²) in [6, 6.07) is 2.42. The van der Waals surface area contributed by atoms with Gasteiger partial charge in [0.05, 0.1) is 0 Å². The molecule has 3 heteroatoms. The Morgan fingerprint density at radius 1 is 1.50 bits per heavy atom. The Kier molecular flexibility index (Phi) is 1.12. The maximum absolute atomic E-state index is 11.9. The normalized spacial score (nSPS) is 9.12. The van der Waals surface area contributed by atoms with Gasteiger partial charge in [-0.05, 0) is 6.07 Å². The largest absolute Gasteiger partial charge is 0.444 e. The molecule has 0 saturated heterocycles. The van der Waals surface area contributed by atoms with Gasteiger partial charge in [-0.3, -0.25) is 5.41 Å². The Morgan fingerprint density at radius 2 is 2.25 bits per heavy atom. The van der Waals surface area contributed by atoms with E-state index in [-0.39, 0.29) is 5.55 Å². The fourth-order valence-corrected chi connectivity index (χ4v) is 0.354. The monoisotopic (exact) mass is 113 g/mol. The Hall–Kier alpha value is -1.12. The molecule has 0 spiro atoms. The molecule has 0 fully saturated rings. The van der Waals surface area contributed by atoms with Crippen LogP contribution in [0.1, 0.15) is 0 Å². The van der Waals surface area contributed by atoms with E-state index in [4.69, 9.17) is 5.41 Å². The van der Waals surface area contributed by atoms with Crippen LogP contribution in [-0.4, -0.2) is 0 Å². The molecule has 0 saturated carbocycles. The maximum atomic E-state index is 11.9. The maximum Gasteiger partial charge on any atom is 0.211 e. The van der Waals surface area contributed by atoms with E-state index in [2.05, 4.69) is 4.42 Å². The minimum Gasteiger partial charge on any atom is -0.444 e. The van der Waals surface area contributed by atoms with Crippen LogP contribution in [0.4, 0.5) is 4.39 Å². The molecule has 0 bridgehead atoms. The molecule has 0 aromatic carbocycles. The Morgan fingerprint density at radius 3 is 2.62 bits per heavy atom. The lowest BCUT2D eigenvalue weighted by molar-refractivity contribution is 0.446. The van der Waals surface area contributed by atoms with E-state index < -0.39 is 5.82 Å². The third kappa shape index (κ3) is 0.932. The standard InChI is InChI=1S/C5H4FNO/c6-4-1-2-5(7)8-3-4/h1-3,7H. The van der Waals surface area contributed by atoms with Crippen LogP contribution in [0.15, 0.2) is 22.8 Å². The molecule has 1 N–H and O–H groups in total. The summed E-state index contributed by atoms with van der Waals surface area (Å²) in [6.07, 6.45) is 0.891. The second kappa shape index (κ2) is 1.78. The van der Waals surface area contributed by atoms with Gasteiger partial charge in [-0.2, -0.15) is 0 Å². The zero-order valence-corrected chi connectivity index (χ0v) is 4.02. The first kappa shape index (κ1) is 5.03. The van der Waals surface area contributed by atoms with Gasteiger partial charge in [-0.15, -0.1) is 0 Å². The van der Waals surface area contributed by atoms with Crippen LogP contribution in [0.5, 0.6) is 0 Å².